The number of rotatable bonds is 3. The van der Waals surface area contributed by atoms with E-state index in [0.717, 1.165) is 17.7 Å². The number of carbonyl (C=O) groups is 1. The summed E-state index contributed by atoms with van der Waals surface area (Å²) in [5.74, 6) is 0.400. The summed E-state index contributed by atoms with van der Waals surface area (Å²) in [5, 5.41) is 2.97. The molecule has 98 valence electrons. The van der Waals surface area contributed by atoms with E-state index in [0.29, 0.717) is 19.8 Å². The third kappa shape index (κ3) is 3.09. The van der Waals surface area contributed by atoms with E-state index in [-0.39, 0.29) is 17.7 Å². The highest BCUT2D eigenvalue weighted by molar-refractivity contribution is 5.92. The molecule has 1 amide bonds. The first kappa shape index (κ1) is 13.1. The van der Waals surface area contributed by atoms with Gasteiger partial charge in [-0.2, -0.15) is 0 Å². The van der Waals surface area contributed by atoms with Crippen LogP contribution in [0.5, 0.6) is 0 Å². The van der Waals surface area contributed by atoms with Gasteiger partial charge < -0.3 is 15.8 Å². The number of benzene rings is 1. The largest absolute Gasteiger partial charge is 0.381 e. The predicted octanol–water partition coefficient (Wildman–Crippen LogP) is 1.76. The molecule has 3 N–H and O–H groups in total. The van der Waals surface area contributed by atoms with Gasteiger partial charge in [0.25, 0.3) is 0 Å². The van der Waals surface area contributed by atoms with E-state index >= 15 is 0 Å². The van der Waals surface area contributed by atoms with Crippen LogP contribution in [0.25, 0.3) is 0 Å². The molecule has 1 aliphatic heterocycles. The number of amides is 1. The first-order valence-electron chi connectivity index (χ1n) is 6.38. The van der Waals surface area contributed by atoms with Gasteiger partial charge >= 0.3 is 0 Å². The Labute approximate surface area is 108 Å². The minimum Gasteiger partial charge on any atom is -0.381 e. The van der Waals surface area contributed by atoms with E-state index in [1.807, 2.05) is 24.3 Å². The summed E-state index contributed by atoms with van der Waals surface area (Å²) in [6.07, 6.45) is 0.795. The van der Waals surface area contributed by atoms with E-state index in [2.05, 4.69) is 12.2 Å². The molecule has 0 aliphatic carbocycles. The quantitative estimate of drug-likeness (QED) is 0.856. The third-order valence-electron chi connectivity index (χ3n) is 3.41. The van der Waals surface area contributed by atoms with Crippen LogP contribution in [0.1, 0.15) is 18.9 Å². The molecule has 1 aromatic carbocycles. The Hall–Kier alpha value is -1.39. The number of ether oxygens (including phenoxy) is 1. The van der Waals surface area contributed by atoms with Crippen molar-refractivity contribution < 1.29 is 9.53 Å². The molecule has 1 heterocycles. The number of hydrogen-bond donors (Lipinski definition) is 2. The molecule has 2 rings (SSSR count). The molecule has 0 spiro atoms. The highest BCUT2D eigenvalue weighted by Crippen LogP contribution is 2.23. The summed E-state index contributed by atoms with van der Waals surface area (Å²) < 4.78 is 5.35. The molecule has 0 aromatic heterocycles. The molecule has 1 aliphatic rings. The van der Waals surface area contributed by atoms with Crippen molar-refractivity contribution in [1.29, 1.82) is 0 Å². The third-order valence-corrected chi connectivity index (χ3v) is 3.41. The molecule has 0 bridgehead atoms. The molecule has 1 fully saturated rings. The first-order valence-corrected chi connectivity index (χ1v) is 6.38. The van der Waals surface area contributed by atoms with Gasteiger partial charge in [0.2, 0.25) is 5.91 Å². The average Bonchev–Trinajstić information content (AvgIpc) is 2.39. The van der Waals surface area contributed by atoms with Gasteiger partial charge in [-0.1, -0.05) is 19.1 Å². The first-order chi connectivity index (χ1) is 8.70. The van der Waals surface area contributed by atoms with Gasteiger partial charge in [-0.05, 0) is 30.0 Å². The number of nitrogens with two attached hydrogens (primary N) is 1. The molecular formula is C14H20N2O2. The highest BCUT2D eigenvalue weighted by Gasteiger charge is 2.28. The van der Waals surface area contributed by atoms with Crippen LogP contribution in [0.15, 0.2) is 24.3 Å². The number of nitrogens with one attached hydrogen (secondary N) is 1. The number of carbonyl (C=O) groups excluding carboxylic acids is 1. The maximum atomic E-state index is 12.2. The zero-order valence-electron chi connectivity index (χ0n) is 10.7. The van der Waals surface area contributed by atoms with Crippen LogP contribution in [-0.4, -0.2) is 19.1 Å². The second-order valence-electron chi connectivity index (χ2n) is 4.84. The highest BCUT2D eigenvalue weighted by atomic mass is 16.5. The number of anilines is 1. The van der Waals surface area contributed by atoms with Gasteiger partial charge in [-0.25, -0.2) is 0 Å². The monoisotopic (exact) mass is 248 g/mol. The van der Waals surface area contributed by atoms with Crippen LogP contribution >= 0.6 is 0 Å². The summed E-state index contributed by atoms with van der Waals surface area (Å²) in [6.45, 7) is 3.88. The van der Waals surface area contributed by atoms with Crippen LogP contribution in [-0.2, 0) is 16.1 Å². The second-order valence-corrected chi connectivity index (χ2v) is 4.84. The van der Waals surface area contributed by atoms with Crippen molar-refractivity contribution in [1.82, 2.24) is 0 Å². The van der Waals surface area contributed by atoms with Crippen LogP contribution in [0.3, 0.4) is 0 Å². The Morgan fingerprint density at radius 1 is 1.56 bits per heavy atom. The van der Waals surface area contributed by atoms with Gasteiger partial charge in [-0.3, -0.25) is 4.79 Å². The zero-order valence-corrected chi connectivity index (χ0v) is 10.7. The normalized spacial score (nSPS) is 23.7. The van der Waals surface area contributed by atoms with Crippen LogP contribution in [0, 0.1) is 11.8 Å². The second kappa shape index (κ2) is 5.98. The fourth-order valence-electron chi connectivity index (χ4n) is 2.28. The Bertz CT molecular complexity index is 420. The van der Waals surface area contributed by atoms with Gasteiger partial charge in [0.15, 0.2) is 0 Å². The lowest BCUT2D eigenvalue weighted by molar-refractivity contribution is -0.125. The van der Waals surface area contributed by atoms with Crippen LogP contribution < -0.4 is 11.1 Å². The van der Waals surface area contributed by atoms with Gasteiger partial charge in [0.1, 0.15) is 0 Å². The molecule has 2 atom stereocenters. The average molecular weight is 248 g/mol. The molecular weight excluding hydrogens is 228 g/mol. The molecule has 1 aromatic rings. The molecule has 1 saturated heterocycles. The summed E-state index contributed by atoms with van der Waals surface area (Å²) in [4.78, 5) is 12.2. The van der Waals surface area contributed by atoms with Gasteiger partial charge in [0.05, 0.1) is 0 Å². The van der Waals surface area contributed by atoms with E-state index in [1.165, 1.54) is 0 Å². The Kier molecular flexibility index (Phi) is 4.33. The van der Waals surface area contributed by atoms with Crippen molar-refractivity contribution in [2.75, 3.05) is 18.5 Å². The van der Waals surface area contributed by atoms with Gasteiger partial charge in [0, 0.05) is 31.4 Å². The fraction of sp³-hybridized carbons (Fsp3) is 0.500. The van der Waals surface area contributed by atoms with Crippen molar-refractivity contribution in [2.45, 2.75) is 19.9 Å². The lowest BCUT2D eigenvalue weighted by Crippen LogP contribution is -2.35. The van der Waals surface area contributed by atoms with Crippen molar-refractivity contribution in [3.05, 3.63) is 29.8 Å². The Morgan fingerprint density at radius 3 is 3.11 bits per heavy atom. The maximum absolute atomic E-state index is 12.2. The smallest absolute Gasteiger partial charge is 0.227 e. The van der Waals surface area contributed by atoms with Gasteiger partial charge in [-0.15, -0.1) is 0 Å². The summed E-state index contributed by atoms with van der Waals surface area (Å²) >= 11 is 0. The molecule has 0 radical (unpaired) electrons. The fourth-order valence-corrected chi connectivity index (χ4v) is 2.28. The standard InChI is InChI=1S/C14H20N2O2/c1-10-9-18-6-5-13(10)14(17)16-12-4-2-3-11(7-12)8-15/h2-4,7,10,13H,5-6,8-9,15H2,1H3,(H,16,17). The lowest BCUT2D eigenvalue weighted by atomic mass is 9.89. The molecule has 4 nitrogen and oxygen atoms in total. The van der Waals surface area contributed by atoms with Crippen molar-refractivity contribution in [2.24, 2.45) is 17.6 Å². The number of hydrogen-bond acceptors (Lipinski definition) is 3. The zero-order chi connectivity index (χ0) is 13.0. The summed E-state index contributed by atoms with van der Waals surface area (Å²) in [6, 6.07) is 7.67. The topological polar surface area (TPSA) is 64.3 Å². The van der Waals surface area contributed by atoms with E-state index in [4.69, 9.17) is 10.5 Å². The SMILES string of the molecule is CC1COCCC1C(=O)Nc1cccc(CN)c1. The minimum atomic E-state index is 0.0419. The van der Waals surface area contributed by atoms with Crippen LogP contribution in [0.2, 0.25) is 0 Å². The van der Waals surface area contributed by atoms with E-state index in [1.54, 1.807) is 0 Å². The van der Waals surface area contributed by atoms with Crippen molar-refractivity contribution >= 4 is 11.6 Å². The predicted molar refractivity (Wildman–Crippen MR) is 71.1 cm³/mol. The van der Waals surface area contributed by atoms with E-state index in [9.17, 15) is 4.79 Å². The Morgan fingerprint density at radius 2 is 2.39 bits per heavy atom. The van der Waals surface area contributed by atoms with E-state index < -0.39 is 0 Å². The minimum absolute atomic E-state index is 0.0419. The maximum Gasteiger partial charge on any atom is 0.227 e. The van der Waals surface area contributed by atoms with Crippen LogP contribution in [0.4, 0.5) is 5.69 Å². The summed E-state index contributed by atoms with van der Waals surface area (Å²) in [7, 11) is 0. The lowest BCUT2D eigenvalue weighted by Gasteiger charge is -2.27. The van der Waals surface area contributed by atoms with Crippen molar-refractivity contribution in [3.8, 4) is 0 Å². The summed E-state index contributed by atoms with van der Waals surface area (Å²) in [5.41, 5.74) is 7.43. The molecule has 2 unspecified atom stereocenters. The molecule has 0 saturated carbocycles. The molecule has 18 heavy (non-hydrogen) atoms. The Balaban J connectivity index is 2.01. The van der Waals surface area contributed by atoms with Crippen molar-refractivity contribution in [3.63, 3.8) is 0 Å². The molecule has 4 heteroatoms.